The molecule has 3 heterocycles. The van der Waals surface area contributed by atoms with Gasteiger partial charge in [-0.2, -0.15) is 5.10 Å². The Bertz CT molecular complexity index is 1130. The minimum atomic E-state index is -0.267. The van der Waals surface area contributed by atoms with Gasteiger partial charge < -0.3 is 9.80 Å². The lowest BCUT2D eigenvalue weighted by Crippen LogP contribution is -2.44. The van der Waals surface area contributed by atoms with Crippen LogP contribution in [0.2, 0.25) is 0 Å². The summed E-state index contributed by atoms with van der Waals surface area (Å²) in [5, 5.41) is 9.27. The molecule has 1 saturated carbocycles. The molecule has 1 N–H and O–H groups in total. The number of aromatic nitrogens is 3. The first-order valence-corrected chi connectivity index (χ1v) is 12.3. The van der Waals surface area contributed by atoms with Crippen LogP contribution in [0.3, 0.4) is 0 Å². The van der Waals surface area contributed by atoms with E-state index in [-0.39, 0.29) is 11.7 Å². The molecule has 2 aromatic heterocycles. The lowest BCUT2D eigenvalue weighted by molar-refractivity contribution is 0.102. The van der Waals surface area contributed by atoms with E-state index < -0.39 is 0 Å². The van der Waals surface area contributed by atoms with Gasteiger partial charge in [0.15, 0.2) is 5.13 Å². The number of hydrogen-bond donors (Lipinski definition) is 1. The molecule has 1 aliphatic carbocycles. The van der Waals surface area contributed by atoms with Crippen molar-refractivity contribution in [3.63, 3.8) is 0 Å². The number of benzene rings is 1. The first kappa shape index (κ1) is 22.0. The molecule has 9 heteroatoms. The van der Waals surface area contributed by atoms with Crippen LogP contribution in [0.4, 0.5) is 14.5 Å². The molecule has 0 spiro atoms. The van der Waals surface area contributed by atoms with Crippen LogP contribution in [-0.4, -0.2) is 58.8 Å². The SMILES string of the molecule is Cc1c(C(=O)Nc2nc(C3CCC3)c(N3CCN(C)CC3)s2)cnn1Cc1ccc(F)cc1. The average Bonchev–Trinajstić information content (AvgIpc) is 3.33. The van der Waals surface area contributed by atoms with Crippen molar-refractivity contribution in [2.24, 2.45) is 0 Å². The highest BCUT2D eigenvalue weighted by Crippen LogP contribution is 2.44. The van der Waals surface area contributed by atoms with Crippen LogP contribution in [0.15, 0.2) is 30.5 Å². The van der Waals surface area contributed by atoms with Crippen molar-refractivity contribution in [3.05, 3.63) is 58.8 Å². The largest absolute Gasteiger partial charge is 0.359 e. The van der Waals surface area contributed by atoms with Gasteiger partial charge in [0.1, 0.15) is 10.8 Å². The molecule has 0 bridgehead atoms. The Hall–Kier alpha value is -2.78. The van der Waals surface area contributed by atoms with E-state index in [1.807, 2.05) is 6.92 Å². The van der Waals surface area contributed by atoms with Crippen LogP contribution in [0.1, 0.15) is 52.5 Å². The van der Waals surface area contributed by atoms with Crippen molar-refractivity contribution in [2.45, 2.75) is 38.6 Å². The van der Waals surface area contributed by atoms with E-state index in [0.717, 1.165) is 43.1 Å². The first-order chi connectivity index (χ1) is 16.0. The third-order valence-corrected chi connectivity index (χ3v) is 7.78. The fourth-order valence-corrected chi connectivity index (χ4v) is 5.42. The zero-order valence-electron chi connectivity index (χ0n) is 19.1. The summed E-state index contributed by atoms with van der Waals surface area (Å²) in [6.45, 7) is 6.41. The maximum atomic E-state index is 13.2. The summed E-state index contributed by atoms with van der Waals surface area (Å²) in [4.78, 5) is 22.7. The standard InChI is InChI=1S/C24H29FN6OS/c1-16-20(14-26-31(16)15-17-6-8-19(25)9-7-17)22(32)28-24-27-21(18-4-3-5-18)23(33-24)30-12-10-29(2)11-13-30/h6-9,14,18H,3-5,10-13,15H2,1-2H3,(H,27,28,32). The predicted octanol–water partition coefficient (Wildman–Crippen LogP) is 4.11. The summed E-state index contributed by atoms with van der Waals surface area (Å²) in [5.41, 5.74) is 3.37. The minimum absolute atomic E-state index is 0.198. The van der Waals surface area contributed by atoms with Gasteiger partial charge in [0.2, 0.25) is 0 Å². The summed E-state index contributed by atoms with van der Waals surface area (Å²) in [6, 6.07) is 6.32. The van der Waals surface area contributed by atoms with Crippen LogP contribution in [0.5, 0.6) is 0 Å². The molecule has 0 atom stereocenters. The Balaban J connectivity index is 1.32. The smallest absolute Gasteiger partial charge is 0.260 e. The number of hydrogen-bond acceptors (Lipinski definition) is 6. The molecule has 1 aliphatic heterocycles. The first-order valence-electron chi connectivity index (χ1n) is 11.5. The van der Waals surface area contributed by atoms with Crippen LogP contribution >= 0.6 is 11.3 Å². The molecule has 0 unspecified atom stereocenters. The summed E-state index contributed by atoms with van der Waals surface area (Å²) in [5.74, 6) is 0.0371. The van der Waals surface area contributed by atoms with Gasteiger partial charge in [-0.15, -0.1) is 0 Å². The van der Waals surface area contributed by atoms with E-state index in [1.165, 1.54) is 36.4 Å². The Kier molecular flexibility index (Phi) is 6.16. The number of anilines is 2. The fourth-order valence-electron chi connectivity index (χ4n) is 4.32. The molecule has 5 rings (SSSR count). The zero-order valence-corrected chi connectivity index (χ0v) is 19.9. The van der Waals surface area contributed by atoms with Gasteiger partial charge >= 0.3 is 0 Å². The molecule has 0 radical (unpaired) electrons. The van der Waals surface area contributed by atoms with Crippen LogP contribution in [0, 0.1) is 12.7 Å². The van der Waals surface area contributed by atoms with Crippen LogP contribution < -0.4 is 10.2 Å². The van der Waals surface area contributed by atoms with Crippen molar-refractivity contribution >= 4 is 27.4 Å². The van der Waals surface area contributed by atoms with Crippen molar-refractivity contribution in [1.29, 1.82) is 0 Å². The minimum Gasteiger partial charge on any atom is -0.359 e. The van der Waals surface area contributed by atoms with E-state index in [1.54, 1.807) is 34.3 Å². The Labute approximate surface area is 197 Å². The Morgan fingerprint density at radius 3 is 2.58 bits per heavy atom. The van der Waals surface area contributed by atoms with Crippen molar-refractivity contribution < 1.29 is 9.18 Å². The second-order valence-electron chi connectivity index (χ2n) is 9.01. The highest BCUT2D eigenvalue weighted by atomic mass is 32.1. The topological polar surface area (TPSA) is 66.3 Å². The molecular formula is C24H29FN6OS. The monoisotopic (exact) mass is 468 g/mol. The summed E-state index contributed by atoms with van der Waals surface area (Å²) >= 11 is 1.59. The molecule has 2 fully saturated rings. The number of carbonyl (C=O) groups excluding carboxylic acids is 1. The van der Waals surface area contributed by atoms with E-state index >= 15 is 0 Å². The van der Waals surface area contributed by atoms with E-state index in [0.29, 0.717) is 23.2 Å². The van der Waals surface area contributed by atoms with Gasteiger partial charge in [-0.1, -0.05) is 29.9 Å². The summed E-state index contributed by atoms with van der Waals surface area (Å²) in [7, 11) is 2.15. The number of nitrogens with zero attached hydrogens (tertiary/aromatic N) is 5. The molecule has 3 aromatic rings. The number of halogens is 1. The van der Waals surface area contributed by atoms with Crippen LogP contribution in [0.25, 0.3) is 0 Å². The normalized spacial score (nSPS) is 17.2. The average molecular weight is 469 g/mol. The van der Waals surface area contributed by atoms with E-state index in [9.17, 15) is 9.18 Å². The van der Waals surface area contributed by atoms with Gasteiger partial charge in [-0.3, -0.25) is 14.8 Å². The lowest BCUT2D eigenvalue weighted by Gasteiger charge is -2.35. The van der Waals surface area contributed by atoms with Gasteiger partial charge in [0.05, 0.1) is 24.0 Å². The Morgan fingerprint density at radius 2 is 1.91 bits per heavy atom. The molecule has 1 amide bonds. The molecule has 2 aliphatic rings. The number of carbonyl (C=O) groups is 1. The van der Waals surface area contributed by atoms with E-state index in [4.69, 9.17) is 4.98 Å². The number of piperazine rings is 1. The Morgan fingerprint density at radius 1 is 1.18 bits per heavy atom. The van der Waals surface area contributed by atoms with Gasteiger partial charge in [-0.25, -0.2) is 9.37 Å². The van der Waals surface area contributed by atoms with Gasteiger partial charge in [0, 0.05) is 37.8 Å². The summed E-state index contributed by atoms with van der Waals surface area (Å²) < 4.78 is 14.9. The third kappa shape index (κ3) is 4.65. The summed E-state index contributed by atoms with van der Waals surface area (Å²) in [6.07, 6.45) is 5.19. The number of thiazole rings is 1. The molecule has 1 aromatic carbocycles. The van der Waals surface area contributed by atoms with E-state index in [2.05, 4.69) is 27.3 Å². The quantitative estimate of drug-likeness (QED) is 0.590. The number of rotatable bonds is 6. The number of amides is 1. The van der Waals surface area contributed by atoms with Crippen molar-refractivity contribution in [2.75, 3.05) is 43.4 Å². The molecular weight excluding hydrogens is 439 g/mol. The highest BCUT2D eigenvalue weighted by molar-refractivity contribution is 7.19. The van der Waals surface area contributed by atoms with Gasteiger partial charge in [0.25, 0.3) is 5.91 Å². The number of likely N-dealkylation sites (N-methyl/N-ethyl adjacent to an activating group) is 1. The maximum Gasteiger partial charge on any atom is 0.260 e. The lowest BCUT2D eigenvalue weighted by atomic mass is 9.83. The van der Waals surface area contributed by atoms with Gasteiger partial charge in [-0.05, 0) is 44.5 Å². The molecule has 1 saturated heterocycles. The maximum absolute atomic E-state index is 13.2. The molecule has 33 heavy (non-hydrogen) atoms. The zero-order chi connectivity index (χ0) is 22.9. The van der Waals surface area contributed by atoms with Crippen molar-refractivity contribution in [3.8, 4) is 0 Å². The second-order valence-corrected chi connectivity index (χ2v) is 9.99. The highest BCUT2D eigenvalue weighted by Gasteiger charge is 2.30. The van der Waals surface area contributed by atoms with Crippen molar-refractivity contribution in [1.82, 2.24) is 19.7 Å². The fraction of sp³-hybridized carbons (Fsp3) is 0.458. The predicted molar refractivity (Wildman–Crippen MR) is 129 cm³/mol. The third-order valence-electron chi connectivity index (χ3n) is 6.73. The molecule has 7 nitrogen and oxygen atoms in total. The number of nitrogens with one attached hydrogen (secondary N) is 1. The molecule has 174 valence electrons. The second kappa shape index (κ2) is 9.23. The van der Waals surface area contributed by atoms with Crippen LogP contribution in [-0.2, 0) is 6.54 Å².